The largest absolute Gasteiger partial charge is 0.333 e. The third-order valence-electron chi connectivity index (χ3n) is 3.41. The number of carbonyl (C=O) groups excluding carboxylic acids is 2. The lowest BCUT2D eigenvalue weighted by molar-refractivity contribution is -0.117. The lowest BCUT2D eigenvalue weighted by Gasteiger charge is -2.20. The molecule has 140 valence electrons. The van der Waals surface area contributed by atoms with Gasteiger partial charge in [0.15, 0.2) is 5.65 Å². The van der Waals surface area contributed by atoms with Crippen molar-refractivity contribution in [2.24, 2.45) is 0 Å². The third kappa shape index (κ3) is 4.82. The van der Waals surface area contributed by atoms with Crippen LogP contribution in [-0.2, 0) is 4.79 Å². The van der Waals surface area contributed by atoms with Gasteiger partial charge in [-0.1, -0.05) is 30.0 Å². The average Bonchev–Trinajstić information content (AvgIpc) is 3.03. The minimum atomic E-state index is -0.516. The van der Waals surface area contributed by atoms with E-state index < -0.39 is 17.5 Å². The van der Waals surface area contributed by atoms with Gasteiger partial charge >= 0.3 is 6.03 Å². The van der Waals surface area contributed by atoms with Gasteiger partial charge in [-0.25, -0.2) is 19.4 Å². The molecule has 0 unspecified atom stereocenters. The van der Waals surface area contributed by atoms with Gasteiger partial charge in [-0.2, -0.15) is 5.10 Å². The first kappa shape index (κ1) is 18.8. The molecule has 0 saturated carbocycles. The predicted octanol–water partition coefficient (Wildman–Crippen LogP) is 2.53. The van der Waals surface area contributed by atoms with Gasteiger partial charge in [0.1, 0.15) is 11.4 Å². The van der Waals surface area contributed by atoms with Crippen LogP contribution in [-0.4, -0.2) is 43.0 Å². The lowest BCUT2D eigenvalue weighted by Crippen LogP contribution is -2.48. The second-order valence-corrected chi connectivity index (χ2v) is 7.81. The van der Waals surface area contributed by atoms with E-state index in [1.165, 1.54) is 18.1 Å². The molecule has 27 heavy (non-hydrogen) atoms. The van der Waals surface area contributed by atoms with E-state index in [1.807, 2.05) is 51.1 Å². The number of nitrogens with one attached hydrogen (secondary N) is 2. The van der Waals surface area contributed by atoms with E-state index in [-0.39, 0.29) is 5.75 Å². The van der Waals surface area contributed by atoms with Crippen molar-refractivity contribution >= 4 is 34.7 Å². The zero-order chi connectivity index (χ0) is 19.4. The Labute approximate surface area is 160 Å². The molecule has 0 atom stereocenters. The maximum atomic E-state index is 12.0. The van der Waals surface area contributed by atoms with E-state index in [0.29, 0.717) is 10.7 Å². The Bertz CT molecular complexity index is 965. The molecule has 0 radical (unpaired) electrons. The SMILES string of the molecule is CC(C)(C)NC(=O)NC(=O)CSc1ncnc2c1cnn2-c1ccccc1. The summed E-state index contributed by atoms with van der Waals surface area (Å²) in [5.41, 5.74) is 1.13. The number of carbonyl (C=O) groups is 2. The molecule has 0 bridgehead atoms. The van der Waals surface area contributed by atoms with Crippen LogP contribution in [0.25, 0.3) is 16.7 Å². The van der Waals surface area contributed by atoms with Crippen LogP contribution in [0, 0.1) is 0 Å². The van der Waals surface area contributed by atoms with Crippen LogP contribution in [0.4, 0.5) is 4.79 Å². The molecule has 0 spiro atoms. The van der Waals surface area contributed by atoms with Crippen LogP contribution < -0.4 is 10.6 Å². The Morgan fingerprint density at radius 3 is 2.59 bits per heavy atom. The summed E-state index contributed by atoms with van der Waals surface area (Å²) in [6.45, 7) is 5.52. The van der Waals surface area contributed by atoms with Crippen molar-refractivity contribution in [3.63, 3.8) is 0 Å². The highest BCUT2D eigenvalue weighted by Gasteiger charge is 2.17. The van der Waals surface area contributed by atoms with E-state index in [0.717, 1.165) is 11.1 Å². The average molecular weight is 384 g/mol. The van der Waals surface area contributed by atoms with Crippen LogP contribution in [0.15, 0.2) is 47.9 Å². The molecule has 8 nitrogen and oxygen atoms in total. The van der Waals surface area contributed by atoms with Gasteiger partial charge in [0.05, 0.1) is 23.0 Å². The quantitative estimate of drug-likeness (QED) is 0.529. The van der Waals surface area contributed by atoms with E-state index in [2.05, 4.69) is 25.7 Å². The number of amides is 3. The number of rotatable bonds is 4. The van der Waals surface area contributed by atoms with Crippen molar-refractivity contribution in [2.45, 2.75) is 31.3 Å². The summed E-state index contributed by atoms with van der Waals surface area (Å²) in [7, 11) is 0. The second kappa shape index (κ2) is 7.75. The number of fused-ring (bicyclic) bond motifs is 1. The van der Waals surface area contributed by atoms with Crippen molar-refractivity contribution in [3.8, 4) is 5.69 Å². The standard InChI is InChI=1S/C18H20N6O2S/c1-18(2,3)23-17(26)22-14(25)10-27-16-13-9-21-24(15(13)19-11-20-16)12-7-5-4-6-8-12/h4-9,11H,10H2,1-3H3,(H2,22,23,25,26). The summed E-state index contributed by atoms with van der Waals surface area (Å²) in [4.78, 5) is 32.3. The maximum absolute atomic E-state index is 12.0. The Morgan fingerprint density at radius 2 is 1.89 bits per heavy atom. The molecule has 3 aromatic rings. The molecular weight excluding hydrogens is 364 g/mol. The molecule has 0 saturated heterocycles. The van der Waals surface area contributed by atoms with Gasteiger partial charge in [-0.05, 0) is 32.9 Å². The van der Waals surface area contributed by atoms with Crippen LogP contribution in [0.1, 0.15) is 20.8 Å². The summed E-state index contributed by atoms with van der Waals surface area (Å²) in [5.74, 6) is -0.343. The highest BCUT2D eigenvalue weighted by Crippen LogP contribution is 2.25. The summed E-state index contributed by atoms with van der Waals surface area (Å²) in [5, 5.41) is 10.8. The summed E-state index contributed by atoms with van der Waals surface area (Å²) >= 11 is 1.23. The van der Waals surface area contributed by atoms with Crippen molar-refractivity contribution in [1.29, 1.82) is 0 Å². The van der Waals surface area contributed by atoms with Gasteiger partial charge < -0.3 is 5.32 Å². The van der Waals surface area contributed by atoms with E-state index >= 15 is 0 Å². The molecule has 0 fully saturated rings. The van der Waals surface area contributed by atoms with E-state index in [9.17, 15) is 9.59 Å². The molecular formula is C18H20N6O2S. The fraction of sp³-hybridized carbons (Fsp3) is 0.278. The first-order valence-corrected chi connectivity index (χ1v) is 9.31. The smallest absolute Gasteiger partial charge is 0.321 e. The number of nitrogens with zero attached hydrogens (tertiary/aromatic N) is 4. The summed E-state index contributed by atoms with van der Waals surface area (Å²) in [6, 6.07) is 9.13. The van der Waals surface area contributed by atoms with Gasteiger partial charge in [0, 0.05) is 5.54 Å². The zero-order valence-electron chi connectivity index (χ0n) is 15.3. The first-order chi connectivity index (χ1) is 12.8. The maximum Gasteiger partial charge on any atom is 0.321 e. The molecule has 0 aliphatic heterocycles. The number of aromatic nitrogens is 4. The Hall–Kier alpha value is -2.94. The summed E-state index contributed by atoms with van der Waals surface area (Å²) < 4.78 is 1.72. The van der Waals surface area contributed by atoms with E-state index in [1.54, 1.807) is 10.9 Å². The monoisotopic (exact) mass is 384 g/mol. The van der Waals surface area contributed by atoms with Gasteiger partial charge in [-0.3, -0.25) is 10.1 Å². The molecule has 2 N–H and O–H groups in total. The Balaban J connectivity index is 1.70. The zero-order valence-corrected chi connectivity index (χ0v) is 16.1. The fourth-order valence-corrected chi connectivity index (χ4v) is 3.13. The Kier molecular flexibility index (Phi) is 5.41. The van der Waals surface area contributed by atoms with E-state index in [4.69, 9.17) is 0 Å². The molecule has 0 aliphatic rings. The highest BCUT2D eigenvalue weighted by atomic mass is 32.2. The van der Waals surface area contributed by atoms with Crippen LogP contribution in [0.2, 0.25) is 0 Å². The molecule has 0 aliphatic carbocycles. The molecule has 1 aromatic carbocycles. The number of urea groups is 1. The number of benzene rings is 1. The molecule has 3 rings (SSSR count). The van der Waals surface area contributed by atoms with Crippen LogP contribution >= 0.6 is 11.8 Å². The van der Waals surface area contributed by atoms with Crippen molar-refractivity contribution in [1.82, 2.24) is 30.4 Å². The van der Waals surface area contributed by atoms with Crippen LogP contribution in [0.3, 0.4) is 0 Å². The number of imide groups is 1. The molecule has 9 heteroatoms. The number of hydrogen-bond acceptors (Lipinski definition) is 6. The number of para-hydroxylation sites is 1. The normalized spacial score (nSPS) is 11.4. The third-order valence-corrected chi connectivity index (χ3v) is 4.42. The van der Waals surface area contributed by atoms with Gasteiger partial charge in [-0.15, -0.1) is 0 Å². The van der Waals surface area contributed by atoms with Gasteiger partial charge in [0.2, 0.25) is 5.91 Å². The molecule has 3 amide bonds. The van der Waals surface area contributed by atoms with Crippen molar-refractivity contribution in [2.75, 3.05) is 5.75 Å². The minimum absolute atomic E-state index is 0.0557. The van der Waals surface area contributed by atoms with Gasteiger partial charge in [0.25, 0.3) is 0 Å². The minimum Gasteiger partial charge on any atom is -0.333 e. The first-order valence-electron chi connectivity index (χ1n) is 8.32. The lowest BCUT2D eigenvalue weighted by atomic mass is 10.1. The Morgan fingerprint density at radius 1 is 1.15 bits per heavy atom. The molecule has 2 heterocycles. The predicted molar refractivity (Wildman–Crippen MR) is 104 cm³/mol. The second-order valence-electron chi connectivity index (χ2n) is 6.85. The molecule has 2 aromatic heterocycles. The van der Waals surface area contributed by atoms with Crippen molar-refractivity contribution < 1.29 is 9.59 Å². The topological polar surface area (TPSA) is 102 Å². The summed E-state index contributed by atoms with van der Waals surface area (Å²) in [6.07, 6.45) is 3.12. The highest BCUT2D eigenvalue weighted by molar-refractivity contribution is 8.00. The van der Waals surface area contributed by atoms with Crippen molar-refractivity contribution in [3.05, 3.63) is 42.9 Å². The number of thioether (sulfide) groups is 1. The van der Waals surface area contributed by atoms with Crippen LogP contribution in [0.5, 0.6) is 0 Å². The number of hydrogen-bond donors (Lipinski definition) is 2. The fourth-order valence-electron chi connectivity index (χ4n) is 2.36.